The van der Waals surface area contributed by atoms with Gasteiger partial charge >= 0.3 is 0 Å². The van der Waals surface area contributed by atoms with Crippen LogP contribution in [0.3, 0.4) is 0 Å². The number of unbranched alkanes of at least 4 members (excludes halogenated alkanes) is 10. The molecule has 1 aromatic carbocycles. The van der Waals surface area contributed by atoms with E-state index < -0.39 is 0 Å². The molecule has 1 fully saturated rings. The van der Waals surface area contributed by atoms with E-state index >= 15 is 0 Å². The van der Waals surface area contributed by atoms with Crippen molar-refractivity contribution in [2.75, 3.05) is 6.61 Å². The molecule has 1 aliphatic rings. The molecule has 0 N–H and O–H groups in total. The molecule has 0 bridgehead atoms. The van der Waals surface area contributed by atoms with E-state index in [-0.39, 0.29) is 0 Å². The van der Waals surface area contributed by atoms with Crippen LogP contribution in [0.4, 0.5) is 0 Å². The molecule has 1 heterocycles. The third-order valence-electron chi connectivity index (χ3n) is 7.98. The Morgan fingerprint density at radius 1 is 0.639 bits per heavy atom. The molecule has 200 valence electrons. The number of aryl methyl sites for hydroxylation is 2. The Morgan fingerprint density at radius 3 is 1.75 bits per heavy atom. The molecule has 0 aliphatic heterocycles. The predicted molar refractivity (Wildman–Crippen MR) is 153 cm³/mol. The number of hydrogen-bond donors (Lipinski definition) is 0. The van der Waals surface area contributed by atoms with Gasteiger partial charge in [-0.2, -0.15) is 0 Å². The zero-order chi connectivity index (χ0) is 25.3. The standard InChI is InChI=1S/C33H52N2O/c1-3-5-7-9-10-12-14-16-30-25-34-33(35-26-30)31-21-17-29(18-22-31)27-36-32-23-19-28(20-24-32)15-13-11-8-6-4-2/h19-20,23-26,29,31H,3-18,21-22,27H2,1-2H3/t29-,31-. The Bertz CT molecular complexity index is 793. The van der Waals surface area contributed by atoms with Crippen molar-refractivity contribution in [2.45, 2.75) is 135 Å². The summed E-state index contributed by atoms with van der Waals surface area (Å²) in [6.45, 7) is 5.39. The summed E-state index contributed by atoms with van der Waals surface area (Å²) in [6, 6.07) is 8.82. The molecule has 1 aliphatic carbocycles. The van der Waals surface area contributed by atoms with E-state index in [1.807, 2.05) is 0 Å². The second kappa shape index (κ2) is 17.5. The quantitative estimate of drug-likeness (QED) is 0.194. The molecule has 3 rings (SSSR count). The summed E-state index contributed by atoms with van der Waals surface area (Å²) >= 11 is 0. The molecular weight excluding hydrogens is 440 g/mol. The van der Waals surface area contributed by atoms with Gasteiger partial charge in [-0.25, -0.2) is 9.97 Å². The predicted octanol–water partition coefficient (Wildman–Crippen LogP) is 9.64. The van der Waals surface area contributed by atoms with Crippen molar-refractivity contribution in [2.24, 2.45) is 5.92 Å². The van der Waals surface area contributed by atoms with E-state index in [2.05, 4.69) is 50.5 Å². The van der Waals surface area contributed by atoms with Crippen LogP contribution >= 0.6 is 0 Å². The van der Waals surface area contributed by atoms with Crippen LogP contribution in [0.15, 0.2) is 36.7 Å². The smallest absolute Gasteiger partial charge is 0.131 e. The molecule has 0 saturated heterocycles. The summed E-state index contributed by atoms with van der Waals surface area (Å²) in [4.78, 5) is 9.52. The minimum Gasteiger partial charge on any atom is -0.493 e. The average molecular weight is 493 g/mol. The normalized spacial score (nSPS) is 17.8. The number of benzene rings is 1. The highest BCUT2D eigenvalue weighted by Crippen LogP contribution is 2.34. The number of nitrogens with zero attached hydrogens (tertiary/aromatic N) is 2. The molecule has 3 nitrogen and oxygen atoms in total. The molecule has 0 unspecified atom stereocenters. The van der Waals surface area contributed by atoms with E-state index in [1.54, 1.807) is 0 Å². The van der Waals surface area contributed by atoms with Crippen LogP contribution < -0.4 is 4.74 Å². The van der Waals surface area contributed by atoms with Gasteiger partial charge in [-0.3, -0.25) is 0 Å². The van der Waals surface area contributed by atoms with Crippen molar-refractivity contribution in [3.05, 3.63) is 53.6 Å². The van der Waals surface area contributed by atoms with Gasteiger partial charge in [-0.15, -0.1) is 0 Å². The summed E-state index contributed by atoms with van der Waals surface area (Å²) < 4.78 is 6.16. The zero-order valence-corrected chi connectivity index (χ0v) is 23.4. The Hall–Kier alpha value is -1.90. The van der Waals surface area contributed by atoms with E-state index in [4.69, 9.17) is 14.7 Å². The van der Waals surface area contributed by atoms with Crippen molar-refractivity contribution in [1.82, 2.24) is 9.97 Å². The molecule has 36 heavy (non-hydrogen) atoms. The first kappa shape index (κ1) is 28.7. The average Bonchev–Trinajstić information content (AvgIpc) is 2.93. The van der Waals surface area contributed by atoms with Crippen LogP contribution in [-0.2, 0) is 12.8 Å². The SMILES string of the molecule is CCCCCCCCCc1cnc([C@H]2CC[C@H](COc3ccc(CCCCCCC)cc3)CC2)nc1. The van der Waals surface area contributed by atoms with Crippen LogP contribution in [0, 0.1) is 5.92 Å². The lowest BCUT2D eigenvalue weighted by Crippen LogP contribution is -2.20. The van der Waals surface area contributed by atoms with Crippen LogP contribution in [0.5, 0.6) is 5.75 Å². The van der Waals surface area contributed by atoms with Crippen LogP contribution in [0.2, 0.25) is 0 Å². The summed E-state index contributed by atoms with van der Waals surface area (Å²) in [6.07, 6.45) is 27.5. The fourth-order valence-corrected chi connectivity index (χ4v) is 5.48. The Kier molecular flexibility index (Phi) is 14.0. The van der Waals surface area contributed by atoms with Gasteiger partial charge in [0.05, 0.1) is 6.61 Å². The lowest BCUT2D eigenvalue weighted by atomic mass is 9.82. The molecule has 0 radical (unpaired) electrons. The third kappa shape index (κ3) is 11.0. The summed E-state index contributed by atoms with van der Waals surface area (Å²) in [5.74, 6) is 3.25. The minimum atomic E-state index is 0.519. The molecule has 2 aromatic rings. The van der Waals surface area contributed by atoms with Crippen molar-refractivity contribution in [3.63, 3.8) is 0 Å². The van der Waals surface area contributed by atoms with Gasteiger partial charge in [0.15, 0.2) is 0 Å². The minimum absolute atomic E-state index is 0.519. The monoisotopic (exact) mass is 492 g/mol. The Morgan fingerprint density at radius 2 is 1.17 bits per heavy atom. The highest BCUT2D eigenvalue weighted by atomic mass is 16.5. The molecule has 3 heteroatoms. The first-order chi connectivity index (χ1) is 17.8. The highest BCUT2D eigenvalue weighted by Gasteiger charge is 2.24. The molecular formula is C33H52N2O. The lowest BCUT2D eigenvalue weighted by Gasteiger charge is -2.27. The van der Waals surface area contributed by atoms with Gasteiger partial charge < -0.3 is 4.74 Å². The summed E-state index contributed by atoms with van der Waals surface area (Å²) in [5.41, 5.74) is 2.74. The number of aromatic nitrogens is 2. The maximum absolute atomic E-state index is 6.16. The van der Waals surface area contributed by atoms with E-state index in [0.717, 1.165) is 24.6 Å². The van der Waals surface area contributed by atoms with Gasteiger partial charge in [0.2, 0.25) is 0 Å². The molecule has 1 aromatic heterocycles. The van der Waals surface area contributed by atoms with Gasteiger partial charge in [0.1, 0.15) is 11.6 Å². The van der Waals surface area contributed by atoms with Gasteiger partial charge in [0, 0.05) is 18.3 Å². The number of hydrogen-bond acceptors (Lipinski definition) is 3. The van der Waals surface area contributed by atoms with Gasteiger partial charge in [0.25, 0.3) is 0 Å². The Balaban J connectivity index is 1.28. The molecule has 0 amide bonds. The summed E-state index contributed by atoms with van der Waals surface area (Å²) in [5, 5.41) is 0. The number of ether oxygens (including phenoxy) is 1. The zero-order valence-electron chi connectivity index (χ0n) is 23.4. The fourth-order valence-electron chi connectivity index (χ4n) is 5.48. The fraction of sp³-hybridized carbons (Fsp3) is 0.697. The van der Waals surface area contributed by atoms with E-state index in [9.17, 15) is 0 Å². The second-order valence-corrected chi connectivity index (χ2v) is 11.2. The van der Waals surface area contributed by atoms with Crippen molar-refractivity contribution in [1.29, 1.82) is 0 Å². The van der Waals surface area contributed by atoms with Gasteiger partial charge in [-0.05, 0) is 80.5 Å². The van der Waals surface area contributed by atoms with Crippen molar-refractivity contribution < 1.29 is 4.74 Å². The summed E-state index contributed by atoms with van der Waals surface area (Å²) in [7, 11) is 0. The largest absolute Gasteiger partial charge is 0.493 e. The van der Waals surface area contributed by atoms with E-state index in [1.165, 1.54) is 120 Å². The van der Waals surface area contributed by atoms with Crippen LogP contribution in [0.25, 0.3) is 0 Å². The highest BCUT2D eigenvalue weighted by molar-refractivity contribution is 5.27. The lowest BCUT2D eigenvalue weighted by molar-refractivity contribution is 0.198. The topological polar surface area (TPSA) is 35.0 Å². The van der Waals surface area contributed by atoms with Crippen molar-refractivity contribution >= 4 is 0 Å². The number of rotatable bonds is 18. The molecule has 0 spiro atoms. The van der Waals surface area contributed by atoms with Crippen molar-refractivity contribution in [3.8, 4) is 5.75 Å². The first-order valence-electron chi connectivity index (χ1n) is 15.3. The van der Waals surface area contributed by atoms with Gasteiger partial charge in [-0.1, -0.05) is 90.2 Å². The molecule has 1 saturated carbocycles. The van der Waals surface area contributed by atoms with Crippen LogP contribution in [-0.4, -0.2) is 16.6 Å². The van der Waals surface area contributed by atoms with E-state index in [0.29, 0.717) is 11.8 Å². The Labute approximate surface area is 221 Å². The second-order valence-electron chi connectivity index (χ2n) is 11.2. The van der Waals surface area contributed by atoms with Crippen LogP contribution in [0.1, 0.15) is 139 Å². The molecule has 0 atom stereocenters. The first-order valence-corrected chi connectivity index (χ1v) is 15.3. The maximum Gasteiger partial charge on any atom is 0.131 e. The third-order valence-corrected chi connectivity index (χ3v) is 7.98. The maximum atomic E-state index is 6.16.